The lowest BCUT2D eigenvalue weighted by Crippen LogP contribution is -2.19. The van der Waals surface area contributed by atoms with Crippen molar-refractivity contribution in [3.05, 3.63) is 53.6 Å². The average Bonchev–Trinajstić information content (AvgIpc) is 2.44. The first-order chi connectivity index (χ1) is 9.70. The molecule has 3 nitrogen and oxygen atoms in total. The number of ether oxygens (including phenoxy) is 1. The Bertz CT molecular complexity index is 604. The Morgan fingerprint density at radius 1 is 1.05 bits per heavy atom. The summed E-state index contributed by atoms with van der Waals surface area (Å²) in [6.07, 6.45) is 0. The number of anilines is 2. The van der Waals surface area contributed by atoms with Gasteiger partial charge >= 0.3 is 0 Å². The summed E-state index contributed by atoms with van der Waals surface area (Å²) in [4.78, 5) is 0. The van der Waals surface area contributed by atoms with Gasteiger partial charge in [-0.25, -0.2) is 0 Å². The van der Waals surface area contributed by atoms with E-state index < -0.39 is 0 Å². The van der Waals surface area contributed by atoms with Crippen LogP contribution in [0, 0.1) is 0 Å². The van der Waals surface area contributed by atoms with Crippen LogP contribution >= 0.6 is 23.8 Å². The fraction of sp³-hybridized carbons (Fsp3) is 0.133. The van der Waals surface area contributed by atoms with E-state index in [9.17, 15) is 0 Å². The molecule has 2 rings (SSSR count). The molecule has 0 saturated heterocycles. The molecular formula is C15H15ClN2OS. The smallest absolute Gasteiger partial charge is 0.175 e. The Hall–Kier alpha value is -1.78. The van der Waals surface area contributed by atoms with Crippen LogP contribution in [0.15, 0.2) is 48.5 Å². The molecule has 20 heavy (non-hydrogen) atoms. The lowest BCUT2D eigenvalue weighted by molar-refractivity contribution is 0.342. The number of hydrogen-bond acceptors (Lipinski definition) is 2. The Balaban J connectivity index is 2.07. The van der Waals surface area contributed by atoms with Crippen LogP contribution in [0.4, 0.5) is 11.4 Å². The molecule has 0 atom stereocenters. The molecule has 5 heteroatoms. The molecule has 0 aliphatic heterocycles. The third kappa shape index (κ3) is 3.85. The van der Waals surface area contributed by atoms with Gasteiger partial charge in [-0.3, -0.25) is 0 Å². The van der Waals surface area contributed by atoms with E-state index in [-0.39, 0.29) is 0 Å². The SMILES string of the molecule is CCOc1ccccc1NC(=S)Nc1ccccc1Cl. The van der Waals surface area contributed by atoms with Crippen molar-refractivity contribution in [2.24, 2.45) is 0 Å². The molecule has 2 aromatic carbocycles. The highest BCUT2D eigenvalue weighted by Gasteiger charge is 2.06. The fourth-order valence-electron chi connectivity index (χ4n) is 1.69. The topological polar surface area (TPSA) is 33.3 Å². The molecule has 0 radical (unpaired) electrons. The van der Waals surface area contributed by atoms with Gasteiger partial charge in [-0.1, -0.05) is 35.9 Å². The van der Waals surface area contributed by atoms with Crippen molar-refractivity contribution in [3.63, 3.8) is 0 Å². The zero-order valence-corrected chi connectivity index (χ0v) is 12.6. The number of benzene rings is 2. The van der Waals surface area contributed by atoms with Crippen LogP contribution in [0.1, 0.15) is 6.92 Å². The number of halogens is 1. The molecule has 0 bridgehead atoms. The number of nitrogens with one attached hydrogen (secondary N) is 2. The Morgan fingerprint density at radius 3 is 2.35 bits per heavy atom. The highest BCUT2D eigenvalue weighted by atomic mass is 35.5. The van der Waals surface area contributed by atoms with E-state index >= 15 is 0 Å². The van der Waals surface area contributed by atoms with Crippen LogP contribution in [-0.2, 0) is 0 Å². The van der Waals surface area contributed by atoms with Gasteiger partial charge < -0.3 is 15.4 Å². The van der Waals surface area contributed by atoms with Gasteiger partial charge in [0.2, 0.25) is 0 Å². The minimum atomic E-state index is 0.463. The summed E-state index contributed by atoms with van der Waals surface area (Å²) >= 11 is 11.4. The van der Waals surface area contributed by atoms with Crippen molar-refractivity contribution >= 4 is 40.3 Å². The van der Waals surface area contributed by atoms with E-state index in [1.165, 1.54) is 0 Å². The monoisotopic (exact) mass is 306 g/mol. The summed E-state index contributed by atoms with van der Waals surface area (Å²) in [6, 6.07) is 15.1. The molecule has 0 saturated carbocycles. The maximum Gasteiger partial charge on any atom is 0.175 e. The van der Waals surface area contributed by atoms with Crippen LogP contribution in [0.3, 0.4) is 0 Å². The summed E-state index contributed by atoms with van der Waals surface area (Å²) < 4.78 is 5.54. The molecule has 0 spiro atoms. The van der Waals surface area contributed by atoms with Gasteiger partial charge in [0.25, 0.3) is 0 Å². The first-order valence-corrected chi connectivity index (χ1v) is 7.03. The van der Waals surface area contributed by atoms with Crippen molar-refractivity contribution < 1.29 is 4.74 Å². The van der Waals surface area contributed by atoms with E-state index in [4.69, 9.17) is 28.6 Å². The number of hydrogen-bond donors (Lipinski definition) is 2. The number of rotatable bonds is 4. The van der Waals surface area contributed by atoms with E-state index in [2.05, 4.69) is 10.6 Å². The van der Waals surface area contributed by atoms with E-state index in [0.717, 1.165) is 17.1 Å². The quantitative estimate of drug-likeness (QED) is 0.812. The Morgan fingerprint density at radius 2 is 1.65 bits per heavy atom. The van der Waals surface area contributed by atoms with E-state index in [1.54, 1.807) is 6.07 Å². The van der Waals surface area contributed by atoms with Crippen molar-refractivity contribution in [1.29, 1.82) is 0 Å². The second-order valence-corrected chi connectivity index (χ2v) is 4.80. The summed E-state index contributed by atoms with van der Waals surface area (Å²) in [5.41, 5.74) is 1.58. The molecule has 0 aliphatic rings. The second-order valence-electron chi connectivity index (χ2n) is 3.99. The van der Waals surface area contributed by atoms with Gasteiger partial charge in [-0.05, 0) is 43.4 Å². The van der Waals surface area contributed by atoms with Crippen LogP contribution in [0.25, 0.3) is 0 Å². The van der Waals surface area contributed by atoms with E-state index in [0.29, 0.717) is 16.7 Å². The van der Waals surface area contributed by atoms with Gasteiger partial charge in [-0.2, -0.15) is 0 Å². The lowest BCUT2D eigenvalue weighted by atomic mass is 10.3. The molecular weight excluding hydrogens is 292 g/mol. The van der Waals surface area contributed by atoms with E-state index in [1.807, 2.05) is 49.4 Å². The third-order valence-electron chi connectivity index (χ3n) is 2.56. The maximum atomic E-state index is 6.08. The Kier molecular flexibility index (Phi) is 5.21. The van der Waals surface area contributed by atoms with Gasteiger partial charge in [0, 0.05) is 0 Å². The molecule has 0 heterocycles. The van der Waals surface area contributed by atoms with Crippen LogP contribution in [-0.4, -0.2) is 11.7 Å². The minimum absolute atomic E-state index is 0.463. The molecule has 0 fully saturated rings. The van der Waals surface area contributed by atoms with Gasteiger partial charge in [-0.15, -0.1) is 0 Å². The minimum Gasteiger partial charge on any atom is -0.492 e. The third-order valence-corrected chi connectivity index (χ3v) is 3.09. The highest BCUT2D eigenvalue weighted by Crippen LogP contribution is 2.25. The summed E-state index contributed by atoms with van der Waals surface area (Å²) in [5.74, 6) is 0.762. The van der Waals surface area contributed by atoms with Crippen molar-refractivity contribution in [3.8, 4) is 5.75 Å². The predicted molar refractivity (Wildman–Crippen MR) is 88.9 cm³/mol. The normalized spacial score (nSPS) is 9.90. The van der Waals surface area contributed by atoms with Crippen LogP contribution in [0.2, 0.25) is 5.02 Å². The molecule has 0 aromatic heterocycles. The van der Waals surface area contributed by atoms with Crippen molar-refractivity contribution in [2.45, 2.75) is 6.92 Å². The number of thiocarbonyl (C=S) groups is 1. The summed E-state index contributed by atoms with van der Waals surface area (Å²) in [6.45, 7) is 2.54. The molecule has 2 N–H and O–H groups in total. The first kappa shape index (κ1) is 14.6. The van der Waals surface area contributed by atoms with Crippen LogP contribution < -0.4 is 15.4 Å². The molecule has 2 aromatic rings. The lowest BCUT2D eigenvalue weighted by Gasteiger charge is -2.14. The van der Waals surface area contributed by atoms with Gasteiger partial charge in [0.15, 0.2) is 5.11 Å². The standard InChI is InChI=1S/C15H15ClN2OS/c1-2-19-14-10-6-5-9-13(14)18-15(20)17-12-8-4-3-7-11(12)16/h3-10H,2H2,1H3,(H2,17,18,20). The molecule has 104 valence electrons. The second kappa shape index (κ2) is 7.12. The molecule has 0 unspecified atom stereocenters. The van der Waals surface area contributed by atoms with Gasteiger partial charge in [0.1, 0.15) is 5.75 Å². The van der Waals surface area contributed by atoms with Crippen molar-refractivity contribution in [2.75, 3.05) is 17.2 Å². The number of para-hydroxylation sites is 3. The summed E-state index contributed by atoms with van der Waals surface area (Å²) in [7, 11) is 0. The van der Waals surface area contributed by atoms with Crippen molar-refractivity contribution in [1.82, 2.24) is 0 Å². The highest BCUT2D eigenvalue weighted by molar-refractivity contribution is 7.80. The fourth-order valence-corrected chi connectivity index (χ4v) is 2.09. The zero-order valence-electron chi connectivity index (χ0n) is 11.0. The largest absolute Gasteiger partial charge is 0.492 e. The summed E-state index contributed by atoms with van der Waals surface area (Å²) in [5, 5.41) is 7.25. The maximum absolute atomic E-state index is 6.08. The first-order valence-electron chi connectivity index (χ1n) is 6.25. The molecule has 0 amide bonds. The average molecular weight is 307 g/mol. The molecule has 0 aliphatic carbocycles. The predicted octanol–water partition coefficient (Wildman–Crippen LogP) is 4.55. The Labute approximate surface area is 128 Å². The van der Waals surface area contributed by atoms with Gasteiger partial charge in [0.05, 0.1) is 23.0 Å². The van der Waals surface area contributed by atoms with Crippen LogP contribution in [0.5, 0.6) is 5.75 Å². The zero-order chi connectivity index (χ0) is 14.4.